The quantitative estimate of drug-likeness (QED) is 0.810. The van der Waals surface area contributed by atoms with E-state index < -0.39 is 0 Å². The Labute approximate surface area is 110 Å². The van der Waals surface area contributed by atoms with Gasteiger partial charge in [-0.2, -0.15) is 0 Å². The fourth-order valence-electron chi connectivity index (χ4n) is 2.58. The molecule has 0 amide bonds. The molecule has 0 aliphatic carbocycles. The van der Waals surface area contributed by atoms with Gasteiger partial charge < -0.3 is 15.3 Å². The third-order valence-corrected chi connectivity index (χ3v) is 3.57. The van der Waals surface area contributed by atoms with Crippen molar-refractivity contribution in [3.63, 3.8) is 0 Å². The van der Waals surface area contributed by atoms with Crippen molar-refractivity contribution in [2.45, 2.75) is 26.3 Å². The Hall–Kier alpha value is -1.06. The van der Waals surface area contributed by atoms with Crippen LogP contribution in [0, 0.1) is 5.92 Å². The van der Waals surface area contributed by atoms with Crippen molar-refractivity contribution in [3.05, 3.63) is 29.8 Å². The van der Waals surface area contributed by atoms with E-state index in [9.17, 15) is 5.11 Å². The average Bonchev–Trinajstić information content (AvgIpc) is 2.84. The number of hydrogen-bond donors (Lipinski definition) is 2. The molecule has 2 N–H and O–H groups in total. The minimum Gasteiger partial charge on any atom is -0.508 e. The number of nitrogens with one attached hydrogen (secondary N) is 1. The first-order valence-electron chi connectivity index (χ1n) is 6.95. The number of nitrogens with zero attached hydrogens (tertiary/aromatic N) is 1. The van der Waals surface area contributed by atoms with Crippen LogP contribution in [0.4, 0.5) is 0 Å². The topological polar surface area (TPSA) is 35.5 Å². The Balaban J connectivity index is 1.67. The third kappa shape index (κ3) is 4.00. The lowest BCUT2D eigenvalue weighted by atomic mass is 10.1. The highest BCUT2D eigenvalue weighted by molar-refractivity contribution is 5.31. The zero-order chi connectivity index (χ0) is 12.8. The lowest BCUT2D eigenvalue weighted by molar-refractivity contribution is 0.282. The summed E-state index contributed by atoms with van der Waals surface area (Å²) in [5.74, 6) is 1.05. The molecular formula is C15H24N2O. The van der Waals surface area contributed by atoms with E-state index in [1.54, 1.807) is 6.07 Å². The highest BCUT2D eigenvalue weighted by Crippen LogP contribution is 2.15. The highest BCUT2D eigenvalue weighted by atomic mass is 16.3. The van der Waals surface area contributed by atoms with Crippen LogP contribution in [0.15, 0.2) is 24.3 Å². The number of phenols is 1. The van der Waals surface area contributed by atoms with Crippen molar-refractivity contribution in [2.75, 3.05) is 26.2 Å². The summed E-state index contributed by atoms with van der Waals surface area (Å²) in [5.41, 5.74) is 0.978. The van der Waals surface area contributed by atoms with Gasteiger partial charge in [-0.1, -0.05) is 25.1 Å². The molecule has 1 aromatic carbocycles. The van der Waals surface area contributed by atoms with E-state index in [1.807, 2.05) is 18.2 Å². The summed E-state index contributed by atoms with van der Waals surface area (Å²) in [6.45, 7) is 7.76. The molecule has 3 heteroatoms. The van der Waals surface area contributed by atoms with Gasteiger partial charge in [0.2, 0.25) is 0 Å². The van der Waals surface area contributed by atoms with Crippen LogP contribution in [-0.2, 0) is 6.54 Å². The van der Waals surface area contributed by atoms with Crippen molar-refractivity contribution in [1.82, 2.24) is 10.2 Å². The molecule has 1 unspecified atom stereocenters. The maximum absolute atomic E-state index is 9.66. The van der Waals surface area contributed by atoms with Gasteiger partial charge in [0.05, 0.1) is 0 Å². The Kier molecular flexibility index (Phi) is 5.02. The predicted molar refractivity (Wildman–Crippen MR) is 74.7 cm³/mol. The summed E-state index contributed by atoms with van der Waals surface area (Å²) in [5, 5.41) is 13.1. The van der Waals surface area contributed by atoms with Gasteiger partial charge in [0.25, 0.3) is 0 Å². The number of likely N-dealkylation sites (tertiary alicyclic amines) is 1. The molecule has 2 rings (SSSR count). The predicted octanol–water partition coefficient (Wildman–Crippen LogP) is 2.21. The zero-order valence-electron chi connectivity index (χ0n) is 11.2. The minimum atomic E-state index is 0.386. The number of aromatic hydroxyl groups is 1. The van der Waals surface area contributed by atoms with Crippen LogP contribution in [-0.4, -0.2) is 36.2 Å². The van der Waals surface area contributed by atoms with E-state index in [-0.39, 0.29) is 0 Å². The molecule has 1 atom stereocenters. The van der Waals surface area contributed by atoms with Crippen LogP contribution < -0.4 is 5.32 Å². The van der Waals surface area contributed by atoms with E-state index in [4.69, 9.17) is 0 Å². The molecule has 1 saturated heterocycles. The average molecular weight is 248 g/mol. The van der Waals surface area contributed by atoms with Gasteiger partial charge in [0, 0.05) is 18.7 Å². The van der Waals surface area contributed by atoms with Gasteiger partial charge in [-0.25, -0.2) is 0 Å². The molecule has 1 aliphatic heterocycles. The normalized spacial score (nSPS) is 18.1. The summed E-state index contributed by atoms with van der Waals surface area (Å²) in [6.07, 6.45) is 2.72. The fraction of sp³-hybridized carbons (Fsp3) is 0.600. The van der Waals surface area contributed by atoms with E-state index in [0.29, 0.717) is 11.7 Å². The molecule has 3 nitrogen and oxygen atoms in total. The van der Waals surface area contributed by atoms with Gasteiger partial charge >= 0.3 is 0 Å². The van der Waals surface area contributed by atoms with Crippen molar-refractivity contribution in [2.24, 2.45) is 5.92 Å². The summed E-state index contributed by atoms with van der Waals surface area (Å²) >= 11 is 0. The monoisotopic (exact) mass is 248 g/mol. The number of hydrogen-bond acceptors (Lipinski definition) is 3. The SMILES string of the molecule is CC(CNCc1ccccc1O)CN1CCCC1. The summed E-state index contributed by atoms with van der Waals surface area (Å²) in [7, 11) is 0. The Morgan fingerprint density at radius 1 is 1.28 bits per heavy atom. The van der Waals surface area contributed by atoms with Crippen LogP contribution in [0.5, 0.6) is 5.75 Å². The lowest BCUT2D eigenvalue weighted by Gasteiger charge is -2.20. The van der Waals surface area contributed by atoms with Crippen LogP contribution in [0.25, 0.3) is 0 Å². The van der Waals surface area contributed by atoms with Crippen molar-refractivity contribution in [1.29, 1.82) is 0 Å². The van der Waals surface area contributed by atoms with E-state index in [1.165, 1.54) is 32.5 Å². The van der Waals surface area contributed by atoms with Gasteiger partial charge in [-0.05, 0) is 44.5 Å². The number of phenolic OH excluding ortho intramolecular Hbond substituents is 1. The van der Waals surface area contributed by atoms with Crippen molar-refractivity contribution < 1.29 is 5.11 Å². The fourth-order valence-corrected chi connectivity index (χ4v) is 2.58. The molecule has 0 bridgehead atoms. The molecule has 18 heavy (non-hydrogen) atoms. The number of rotatable bonds is 6. The summed E-state index contributed by atoms with van der Waals surface area (Å²) < 4.78 is 0. The maximum Gasteiger partial charge on any atom is 0.120 e. The molecule has 0 spiro atoms. The molecule has 100 valence electrons. The Morgan fingerprint density at radius 3 is 2.72 bits per heavy atom. The lowest BCUT2D eigenvalue weighted by Crippen LogP contribution is -2.31. The number of para-hydroxylation sites is 1. The maximum atomic E-state index is 9.66. The zero-order valence-corrected chi connectivity index (χ0v) is 11.2. The Morgan fingerprint density at radius 2 is 2.00 bits per heavy atom. The molecule has 0 saturated carbocycles. The standard InChI is InChI=1S/C15H24N2O/c1-13(12-17-8-4-5-9-17)10-16-11-14-6-2-3-7-15(14)18/h2-3,6-7,13,16,18H,4-5,8-12H2,1H3. The third-order valence-electron chi connectivity index (χ3n) is 3.57. The molecule has 1 aliphatic rings. The van der Waals surface area contributed by atoms with Gasteiger partial charge in [-0.15, -0.1) is 0 Å². The largest absolute Gasteiger partial charge is 0.508 e. The van der Waals surface area contributed by atoms with Gasteiger partial charge in [0.1, 0.15) is 5.75 Å². The van der Waals surface area contributed by atoms with Crippen molar-refractivity contribution >= 4 is 0 Å². The first kappa shape index (κ1) is 13.4. The van der Waals surface area contributed by atoms with Gasteiger partial charge in [-0.3, -0.25) is 0 Å². The second-order valence-corrected chi connectivity index (χ2v) is 5.37. The van der Waals surface area contributed by atoms with Crippen molar-refractivity contribution in [3.8, 4) is 5.75 Å². The van der Waals surface area contributed by atoms with E-state index in [0.717, 1.165) is 18.7 Å². The van der Waals surface area contributed by atoms with E-state index >= 15 is 0 Å². The minimum absolute atomic E-state index is 0.386. The molecule has 1 fully saturated rings. The molecular weight excluding hydrogens is 224 g/mol. The first-order chi connectivity index (χ1) is 8.75. The number of benzene rings is 1. The smallest absolute Gasteiger partial charge is 0.120 e. The second kappa shape index (κ2) is 6.76. The summed E-state index contributed by atoms with van der Waals surface area (Å²) in [4.78, 5) is 2.55. The Bertz CT molecular complexity index is 361. The van der Waals surface area contributed by atoms with Gasteiger partial charge in [0.15, 0.2) is 0 Å². The first-order valence-corrected chi connectivity index (χ1v) is 6.95. The molecule has 1 aromatic rings. The second-order valence-electron chi connectivity index (χ2n) is 5.37. The summed E-state index contributed by atoms with van der Waals surface area (Å²) in [6, 6.07) is 7.53. The molecule has 1 heterocycles. The highest BCUT2D eigenvalue weighted by Gasteiger charge is 2.14. The van der Waals surface area contributed by atoms with Crippen LogP contribution in [0.3, 0.4) is 0 Å². The van der Waals surface area contributed by atoms with E-state index in [2.05, 4.69) is 17.1 Å². The van der Waals surface area contributed by atoms with Crippen LogP contribution >= 0.6 is 0 Å². The molecule has 0 radical (unpaired) electrons. The van der Waals surface area contributed by atoms with Crippen LogP contribution in [0.2, 0.25) is 0 Å². The molecule has 0 aromatic heterocycles. The van der Waals surface area contributed by atoms with Crippen LogP contribution in [0.1, 0.15) is 25.3 Å².